The average Bonchev–Trinajstić information content (AvgIpc) is 3.45. The van der Waals surface area contributed by atoms with Crippen LogP contribution in [0.25, 0.3) is 5.65 Å². The van der Waals surface area contributed by atoms with Crippen LogP contribution in [0.15, 0.2) is 30.5 Å². The Labute approximate surface area is 226 Å². The summed E-state index contributed by atoms with van der Waals surface area (Å²) in [6, 6.07) is 8.13. The van der Waals surface area contributed by atoms with Crippen molar-refractivity contribution in [2.24, 2.45) is 11.7 Å². The number of carbonyl (C=O) groups excluding carboxylic acids is 1. The highest BCUT2D eigenvalue weighted by atomic mass is 35.5. The van der Waals surface area contributed by atoms with Crippen LogP contribution < -0.4 is 15.4 Å². The highest BCUT2D eigenvalue weighted by Gasteiger charge is 2.34. The normalized spacial score (nSPS) is 22.0. The molecule has 3 aromatic rings. The van der Waals surface area contributed by atoms with Crippen molar-refractivity contribution < 1.29 is 13.2 Å². The molecule has 3 atom stereocenters. The van der Waals surface area contributed by atoms with E-state index in [2.05, 4.69) is 10.8 Å². The van der Waals surface area contributed by atoms with E-state index in [-0.39, 0.29) is 35.2 Å². The SMILES string of the molecule is Cc1cn2nc([C@@H]3CCCCN3C(=O)c3cc(Cl)ccc3NS(C)(=O)=O)cc2nc1N1C[C@H](N)[C@@H](C#N)C1. The van der Waals surface area contributed by atoms with Crippen molar-refractivity contribution in [2.45, 2.75) is 38.3 Å². The number of nitrogens with zero attached hydrogens (tertiary/aromatic N) is 6. The second-order valence-electron chi connectivity index (χ2n) is 10.00. The maximum Gasteiger partial charge on any atom is 0.256 e. The molecule has 11 nitrogen and oxygen atoms in total. The topological polar surface area (TPSA) is 150 Å². The molecule has 4 heterocycles. The van der Waals surface area contributed by atoms with Crippen LogP contribution in [0.1, 0.15) is 46.9 Å². The van der Waals surface area contributed by atoms with Gasteiger partial charge in [0, 0.05) is 48.5 Å². The minimum Gasteiger partial charge on any atom is -0.353 e. The van der Waals surface area contributed by atoms with Crippen LogP contribution in [0.2, 0.25) is 5.02 Å². The quantitative estimate of drug-likeness (QED) is 0.487. The minimum atomic E-state index is -3.60. The summed E-state index contributed by atoms with van der Waals surface area (Å²) < 4.78 is 28.0. The number of nitrogens with two attached hydrogens (primary N) is 1. The summed E-state index contributed by atoms with van der Waals surface area (Å²) in [6.07, 6.45) is 5.39. The lowest BCUT2D eigenvalue weighted by molar-refractivity contribution is 0.0607. The molecule has 13 heteroatoms. The van der Waals surface area contributed by atoms with Crippen LogP contribution in [0.4, 0.5) is 11.5 Å². The van der Waals surface area contributed by atoms with Crippen LogP contribution in [-0.4, -0.2) is 65.8 Å². The van der Waals surface area contributed by atoms with Gasteiger partial charge in [0.05, 0.1) is 41.2 Å². The van der Waals surface area contributed by atoms with Gasteiger partial charge in [-0.15, -0.1) is 0 Å². The van der Waals surface area contributed by atoms with E-state index in [9.17, 15) is 18.5 Å². The maximum absolute atomic E-state index is 13.8. The Morgan fingerprint density at radius 2 is 2.05 bits per heavy atom. The maximum atomic E-state index is 13.8. The van der Waals surface area contributed by atoms with Crippen LogP contribution in [0.3, 0.4) is 0 Å². The first-order chi connectivity index (χ1) is 18.0. The third-order valence-electron chi connectivity index (χ3n) is 7.07. The number of hydrogen-bond donors (Lipinski definition) is 2. The summed E-state index contributed by atoms with van der Waals surface area (Å²) >= 11 is 6.19. The second kappa shape index (κ2) is 10.1. The number of piperidine rings is 1. The first-order valence-corrected chi connectivity index (χ1v) is 14.7. The average molecular weight is 557 g/mol. The number of halogens is 1. The molecule has 200 valence electrons. The molecule has 0 bridgehead atoms. The van der Waals surface area contributed by atoms with Gasteiger partial charge in [-0.25, -0.2) is 17.9 Å². The fraction of sp³-hybridized carbons (Fsp3) is 0.440. The molecule has 3 N–H and O–H groups in total. The first kappa shape index (κ1) is 26.2. The number of sulfonamides is 1. The molecule has 2 fully saturated rings. The molecule has 2 aromatic heterocycles. The largest absolute Gasteiger partial charge is 0.353 e. The van der Waals surface area contributed by atoms with Gasteiger partial charge in [0.1, 0.15) is 5.82 Å². The molecule has 0 unspecified atom stereocenters. The molecule has 0 spiro atoms. The van der Waals surface area contributed by atoms with Gasteiger partial charge in [-0.3, -0.25) is 9.52 Å². The van der Waals surface area contributed by atoms with Gasteiger partial charge >= 0.3 is 0 Å². The van der Waals surface area contributed by atoms with Crippen molar-refractivity contribution >= 4 is 44.7 Å². The Kier molecular flexibility index (Phi) is 6.94. The second-order valence-corrected chi connectivity index (χ2v) is 12.2. The first-order valence-electron chi connectivity index (χ1n) is 12.4. The minimum absolute atomic E-state index is 0.183. The van der Waals surface area contributed by atoms with Gasteiger partial charge in [-0.1, -0.05) is 11.6 Å². The van der Waals surface area contributed by atoms with E-state index < -0.39 is 10.0 Å². The van der Waals surface area contributed by atoms with Gasteiger partial charge in [0.15, 0.2) is 5.65 Å². The molecule has 5 rings (SSSR count). The number of hydrogen-bond acceptors (Lipinski definition) is 8. The Balaban J connectivity index is 1.48. The molecule has 0 saturated carbocycles. The zero-order valence-corrected chi connectivity index (χ0v) is 22.7. The van der Waals surface area contributed by atoms with E-state index in [1.165, 1.54) is 12.1 Å². The summed E-state index contributed by atoms with van der Waals surface area (Å²) in [7, 11) is -3.60. The predicted molar refractivity (Wildman–Crippen MR) is 145 cm³/mol. The van der Waals surface area contributed by atoms with Crippen molar-refractivity contribution in [1.29, 1.82) is 5.26 Å². The molecular formula is C25H29ClN8O3S. The molecule has 38 heavy (non-hydrogen) atoms. The fourth-order valence-electron chi connectivity index (χ4n) is 5.26. The zero-order valence-electron chi connectivity index (χ0n) is 21.1. The summed E-state index contributed by atoms with van der Waals surface area (Å²) in [5, 5.41) is 14.5. The summed E-state index contributed by atoms with van der Waals surface area (Å²) in [5.41, 5.74) is 8.75. The lowest BCUT2D eigenvalue weighted by Gasteiger charge is -2.35. The van der Waals surface area contributed by atoms with Gasteiger partial charge in [-0.05, 0) is 44.4 Å². The number of aromatic nitrogens is 3. The van der Waals surface area contributed by atoms with E-state index in [0.29, 0.717) is 42.4 Å². The standard InChI is InChI=1S/C25H29ClN8O3S/c1-15-12-34-23(29-24(15)32-13-16(11-27)19(28)14-32)10-21(30-34)22-5-3-4-8-33(22)25(35)18-9-17(26)6-7-20(18)31-38(2,36)37/h6-7,9-10,12,16,19,22,31H,3-5,8,13-14,28H2,1-2H3/t16-,19-,22-/m0/s1. The van der Waals surface area contributed by atoms with Crippen LogP contribution in [-0.2, 0) is 10.0 Å². The number of fused-ring (bicyclic) bond motifs is 1. The van der Waals surface area contributed by atoms with Gasteiger partial charge in [0.2, 0.25) is 10.0 Å². The molecule has 1 aromatic carbocycles. The Morgan fingerprint density at radius 1 is 1.26 bits per heavy atom. The molecule has 1 amide bonds. The van der Waals surface area contributed by atoms with E-state index >= 15 is 0 Å². The Hall–Kier alpha value is -3.40. The lowest BCUT2D eigenvalue weighted by atomic mass is 9.98. The van der Waals surface area contributed by atoms with Gasteiger partial charge < -0.3 is 15.5 Å². The summed E-state index contributed by atoms with van der Waals surface area (Å²) in [6.45, 7) is 3.52. The lowest BCUT2D eigenvalue weighted by Crippen LogP contribution is -2.39. The van der Waals surface area contributed by atoms with Crippen LogP contribution in [0.5, 0.6) is 0 Å². The number of nitriles is 1. The Morgan fingerprint density at radius 3 is 2.76 bits per heavy atom. The monoisotopic (exact) mass is 556 g/mol. The van der Waals surface area contributed by atoms with Crippen molar-refractivity contribution in [1.82, 2.24) is 19.5 Å². The van der Waals surface area contributed by atoms with E-state index in [4.69, 9.17) is 27.4 Å². The predicted octanol–water partition coefficient (Wildman–Crippen LogP) is 2.72. The van der Waals surface area contributed by atoms with Crippen molar-refractivity contribution in [3.63, 3.8) is 0 Å². The van der Waals surface area contributed by atoms with Gasteiger partial charge in [0.25, 0.3) is 5.91 Å². The fourth-order valence-corrected chi connectivity index (χ4v) is 6.01. The van der Waals surface area contributed by atoms with Gasteiger partial charge in [-0.2, -0.15) is 10.4 Å². The molecule has 0 radical (unpaired) electrons. The number of rotatable bonds is 5. The van der Waals surface area contributed by atoms with Crippen LogP contribution in [0, 0.1) is 24.2 Å². The van der Waals surface area contributed by atoms with E-state index in [1.54, 1.807) is 15.5 Å². The smallest absolute Gasteiger partial charge is 0.256 e. The molecule has 2 saturated heterocycles. The highest BCUT2D eigenvalue weighted by Crippen LogP contribution is 2.34. The third kappa shape index (κ3) is 5.14. The summed E-state index contributed by atoms with van der Waals surface area (Å²) in [4.78, 5) is 22.4. The van der Waals surface area contributed by atoms with E-state index in [1.807, 2.05) is 24.1 Å². The zero-order chi connectivity index (χ0) is 27.2. The van der Waals surface area contributed by atoms with Crippen LogP contribution >= 0.6 is 11.6 Å². The number of aryl methyl sites for hydroxylation is 1. The number of carbonyl (C=O) groups is 1. The van der Waals surface area contributed by atoms with E-state index in [0.717, 1.165) is 30.5 Å². The highest BCUT2D eigenvalue weighted by molar-refractivity contribution is 7.92. The Bertz CT molecular complexity index is 1550. The van der Waals surface area contributed by atoms with Crippen molar-refractivity contribution in [3.8, 4) is 6.07 Å². The summed E-state index contributed by atoms with van der Waals surface area (Å²) in [5.74, 6) is 0.200. The number of amides is 1. The molecule has 2 aliphatic heterocycles. The molecule has 2 aliphatic rings. The van der Waals surface area contributed by atoms with Crippen molar-refractivity contribution in [3.05, 3.63) is 52.3 Å². The molecule has 0 aliphatic carbocycles. The van der Waals surface area contributed by atoms with Crippen molar-refractivity contribution in [2.75, 3.05) is 35.5 Å². The molecular weight excluding hydrogens is 528 g/mol. The number of benzene rings is 1. The number of likely N-dealkylation sites (tertiary alicyclic amines) is 1. The number of nitrogens with one attached hydrogen (secondary N) is 1. The third-order valence-corrected chi connectivity index (χ3v) is 7.89. The number of anilines is 2.